The first-order chi connectivity index (χ1) is 12.0. The van der Waals surface area contributed by atoms with Crippen LogP contribution in [0.2, 0.25) is 5.02 Å². The summed E-state index contributed by atoms with van der Waals surface area (Å²) >= 11 is 5.78. The van der Waals surface area contributed by atoms with Crippen molar-refractivity contribution in [2.75, 3.05) is 23.7 Å². The topological polar surface area (TPSA) is 70.2 Å². The van der Waals surface area contributed by atoms with Gasteiger partial charge in [-0.1, -0.05) is 24.6 Å². The minimum absolute atomic E-state index is 0.0204. The maximum Gasteiger partial charge on any atom is 0.251 e. The van der Waals surface area contributed by atoms with Gasteiger partial charge in [-0.15, -0.1) is 0 Å². The number of nitrogens with one attached hydrogen (secondary N) is 3. The third-order valence-corrected chi connectivity index (χ3v) is 3.55. The number of anilines is 2. The SMILES string of the molecule is CCCNC(=O)c1cccc(NCC(=O)Nc2cc(Cl)ccc2F)c1. The van der Waals surface area contributed by atoms with Gasteiger partial charge >= 0.3 is 0 Å². The molecule has 25 heavy (non-hydrogen) atoms. The average Bonchev–Trinajstić information content (AvgIpc) is 2.61. The lowest BCUT2D eigenvalue weighted by Gasteiger charge is -2.10. The zero-order valence-corrected chi connectivity index (χ0v) is 14.5. The van der Waals surface area contributed by atoms with E-state index < -0.39 is 11.7 Å². The molecular weight excluding hydrogens is 345 g/mol. The Balaban J connectivity index is 1.93. The van der Waals surface area contributed by atoms with Gasteiger partial charge in [0, 0.05) is 22.8 Å². The molecule has 7 heteroatoms. The summed E-state index contributed by atoms with van der Waals surface area (Å²) in [6.07, 6.45) is 0.851. The number of rotatable bonds is 7. The van der Waals surface area contributed by atoms with E-state index in [9.17, 15) is 14.0 Å². The van der Waals surface area contributed by atoms with Crippen LogP contribution in [-0.2, 0) is 4.79 Å². The van der Waals surface area contributed by atoms with Crippen LogP contribution in [0, 0.1) is 5.82 Å². The highest BCUT2D eigenvalue weighted by molar-refractivity contribution is 6.30. The highest BCUT2D eigenvalue weighted by Crippen LogP contribution is 2.19. The predicted octanol–water partition coefficient (Wildman–Crippen LogP) is 3.67. The maximum absolute atomic E-state index is 13.6. The van der Waals surface area contributed by atoms with Crippen molar-refractivity contribution in [2.45, 2.75) is 13.3 Å². The molecule has 2 aromatic rings. The molecule has 0 fully saturated rings. The molecule has 0 aliphatic rings. The van der Waals surface area contributed by atoms with Crippen LogP contribution < -0.4 is 16.0 Å². The van der Waals surface area contributed by atoms with Crippen molar-refractivity contribution in [2.24, 2.45) is 0 Å². The molecule has 0 aliphatic heterocycles. The zero-order chi connectivity index (χ0) is 18.2. The zero-order valence-electron chi connectivity index (χ0n) is 13.7. The van der Waals surface area contributed by atoms with Crippen LogP contribution in [-0.4, -0.2) is 24.9 Å². The van der Waals surface area contributed by atoms with Gasteiger partial charge in [-0.05, 0) is 42.8 Å². The summed E-state index contributed by atoms with van der Waals surface area (Å²) < 4.78 is 13.6. The summed E-state index contributed by atoms with van der Waals surface area (Å²) in [5, 5.41) is 8.46. The molecule has 0 saturated heterocycles. The lowest BCUT2D eigenvalue weighted by atomic mass is 10.2. The van der Waals surface area contributed by atoms with Gasteiger partial charge in [0.2, 0.25) is 5.91 Å². The van der Waals surface area contributed by atoms with E-state index in [1.807, 2.05) is 6.92 Å². The summed E-state index contributed by atoms with van der Waals surface area (Å²) in [7, 11) is 0. The molecule has 0 spiro atoms. The van der Waals surface area contributed by atoms with Gasteiger partial charge in [0.15, 0.2) is 0 Å². The molecular formula is C18H19ClFN3O2. The molecule has 3 N–H and O–H groups in total. The molecule has 5 nitrogen and oxygen atoms in total. The van der Waals surface area contributed by atoms with Gasteiger partial charge in [-0.25, -0.2) is 4.39 Å². The van der Waals surface area contributed by atoms with Gasteiger partial charge in [-0.2, -0.15) is 0 Å². The third-order valence-electron chi connectivity index (χ3n) is 3.32. The third kappa shape index (κ3) is 5.76. The Morgan fingerprint density at radius 1 is 1.16 bits per heavy atom. The van der Waals surface area contributed by atoms with Crippen molar-refractivity contribution >= 4 is 34.8 Å². The molecule has 2 aromatic carbocycles. The monoisotopic (exact) mass is 363 g/mol. The van der Waals surface area contributed by atoms with Crippen LogP contribution in [0.5, 0.6) is 0 Å². The van der Waals surface area contributed by atoms with Gasteiger partial charge in [0.05, 0.1) is 12.2 Å². The quantitative estimate of drug-likeness (QED) is 0.703. The van der Waals surface area contributed by atoms with E-state index in [1.54, 1.807) is 24.3 Å². The summed E-state index contributed by atoms with van der Waals surface area (Å²) in [5.74, 6) is -1.16. The van der Waals surface area contributed by atoms with Crippen LogP contribution in [0.3, 0.4) is 0 Å². The Hall–Kier alpha value is -2.60. The van der Waals surface area contributed by atoms with Gasteiger partial charge in [-0.3, -0.25) is 9.59 Å². The number of benzene rings is 2. The summed E-state index contributed by atoms with van der Waals surface area (Å²) in [5.41, 5.74) is 1.14. The van der Waals surface area contributed by atoms with E-state index in [2.05, 4.69) is 16.0 Å². The molecule has 0 aromatic heterocycles. The summed E-state index contributed by atoms with van der Waals surface area (Å²) in [6.45, 7) is 2.50. The number of hydrogen-bond acceptors (Lipinski definition) is 3. The fraction of sp³-hybridized carbons (Fsp3) is 0.222. The molecule has 2 rings (SSSR count). The van der Waals surface area contributed by atoms with Gasteiger partial charge in [0.1, 0.15) is 5.82 Å². The van der Waals surface area contributed by atoms with E-state index in [-0.39, 0.29) is 18.1 Å². The predicted molar refractivity (Wildman–Crippen MR) is 97.6 cm³/mol. The van der Waals surface area contributed by atoms with E-state index >= 15 is 0 Å². The Kier molecular flexibility index (Phi) is 6.77. The fourth-order valence-corrected chi connectivity index (χ4v) is 2.25. The average molecular weight is 364 g/mol. The molecule has 0 unspecified atom stereocenters. The van der Waals surface area contributed by atoms with Crippen molar-refractivity contribution in [3.63, 3.8) is 0 Å². The number of halogens is 2. The van der Waals surface area contributed by atoms with Gasteiger partial charge < -0.3 is 16.0 Å². The lowest BCUT2D eigenvalue weighted by molar-refractivity contribution is -0.114. The van der Waals surface area contributed by atoms with Crippen molar-refractivity contribution in [3.05, 3.63) is 58.9 Å². The van der Waals surface area contributed by atoms with Crippen LogP contribution in [0.4, 0.5) is 15.8 Å². The first kappa shape index (κ1) is 18.7. The largest absolute Gasteiger partial charge is 0.376 e. The molecule has 0 aliphatic carbocycles. The van der Waals surface area contributed by atoms with Crippen molar-refractivity contribution < 1.29 is 14.0 Å². The highest BCUT2D eigenvalue weighted by Gasteiger charge is 2.09. The van der Waals surface area contributed by atoms with Gasteiger partial charge in [0.25, 0.3) is 5.91 Å². The maximum atomic E-state index is 13.6. The normalized spacial score (nSPS) is 10.2. The second kappa shape index (κ2) is 9.03. The highest BCUT2D eigenvalue weighted by atomic mass is 35.5. The fourth-order valence-electron chi connectivity index (χ4n) is 2.08. The molecule has 132 valence electrons. The molecule has 0 radical (unpaired) electrons. The van der Waals surface area contributed by atoms with E-state index in [4.69, 9.17) is 11.6 Å². The minimum Gasteiger partial charge on any atom is -0.376 e. The number of amides is 2. The smallest absolute Gasteiger partial charge is 0.251 e. The second-order valence-corrected chi connectivity index (χ2v) is 5.80. The van der Waals surface area contributed by atoms with Crippen LogP contribution in [0.1, 0.15) is 23.7 Å². The first-order valence-electron chi connectivity index (χ1n) is 7.86. The number of hydrogen-bond donors (Lipinski definition) is 3. The summed E-state index contributed by atoms with van der Waals surface area (Å²) in [4.78, 5) is 23.9. The molecule has 0 atom stereocenters. The standard InChI is InChI=1S/C18H19ClFN3O2/c1-2-8-21-18(25)12-4-3-5-14(9-12)22-11-17(24)23-16-10-13(19)6-7-15(16)20/h3-7,9-10,22H,2,8,11H2,1H3,(H,21,25)(H,23,24). The molecule has 0 saturated carbocycles. The molecule has 2 amide bonds. The molecule has 0 bridgehead atoms. The number of carbonyl (C=O) groups excluding carboxylic acids is 2. The van der Waals surface area contributed by atoms with E-state index in [1.165, 1.54) is 18.2 Å². The van der Waals surface area contributed by atoms with Crippen molar-refractivity contribution in [1.82, 2.24) is 5.32 Å². The lowest BCUT2D eigenvalue weighted by Crippen LogP contribution is -2.24. The second-order valence-electron chi connectivity index (χ2n) is 5.36. The Bertz CT molecular complexity index is 768. The van der Waals surface area contributed by atoms with Crippen LogP contribution >= 0.6 is 11.6 Å². The number of carbonyl (C=O) groups is 2. The first-order valence-corrected chi connectivity index (χ1v) is 8.24. The van der Waals surface area contributed by atoms with E-state index in [0.717, 1.165) is 6.42 Å². The van der Waals surface area contributed by atoms with Crippen molar-refractivity contribution in [3.8, 4) is 0 Å². The Morgan fingerprint density at radius 3 is 2.72 bits per heavy atom. The molecule has 0 heterocycles. The minimum atomic E-state index is -0.563. The Labute approximate surface area is 150 Å². The Morgan fingerprint density at radius 2 is 1.96 bits per heavy atom. The van der Waals surface area contributed by atoms with Crippen molar-refractivity contribution in [1.29, 1.82) is 0 Å². The van der Waals surface area contributed by atoms with Crippen LogP contribution in [0.25, 0.3) is 0 Å². The van der Waals surface area contributed by atoms with E-state index in [0.29, 0.717) is 22.8 Å². The summed E-state index contributed by atoms with van der Waals surface area (Å²) in [6, 6.07) is 10.7. The van der Waals surface area contributed by atoms with Crippen LogP contribution in [0.15, 0.2) is 42.5 Å².